The van der Waals surface area contributed by atoms with Crippen LogP contribution >= 0.6 is 11.8 Å². The van der Waals surface area contributed by atoms with Gasteiger partial charge < -0.3 is 10.6 Å². The van der Waals surface area contributed by atoms with E-state index >= 15 is 0 Å². The molecular formula is C14H19N5O3S. The average Bonchev–Trinajstić information content (AvgIpc) is 2.80. The van der Waals surface area contributed by atoms with Crippen molar-refractivity contribution < 1.29 is 9.66 Å². The number of nitro groups is 1. The molecule has 9 heteroatoms. The van der Waals surface area contributed by atoms with Crippen molar-refractivity contribution in [2.24, 2.45) is 0 Å². The molecule has 0 saturated heterocycles. The number of benzene rings is 1. The van der Waals surface area contributed by atoms with Crippen molar-refractivity contribution in [1.29, 1.82) is 0 Å². The molecule has 0 bridgehead atoms. The number of aromatic nitrogens is 3. The molecule has 1 aromatic carbocycles. The molecule has 0 aliphatic heterocycles. The first kappa shape index (κ1) is 17.1. The number of rotatable bonds is 5. The van der Waals surface area contributed by atoms with Crippen molar-refractivity contribution in [2.45, 2.75) is 43.2 Å². The summed E-state index contributed by atoms with van der Waals surface area (Å²) in [5, 5.41) is 19.7. The van der Waals surface area contributed by atoms with Crippen LogP contribution in [-0.2, 0) is 5.41 Å². The van der Waals surface area contributed by atoms with E-state index in [1.54, 1.807) is 19.1 Å². The molecule has 8 nitrogen and oxygen atoms in total. The van der Waals surface area contributed by atoms with Crippen LogP contribution in [0.15, 0.2) is 28.3 Å². The van der Waals surface area contributed by atoms with Gasteiger partial charge in [0.15, 0.2) is 11.6 Å². The van der Waals surface area contributed by atoms with Crippen LogP contribution < -0.4 is 10.6 Å². The van der Waals surface area contributed by atoms with E-state index in [2.05, 4.69) is 10.2 Å². The van der Waals surface area contributed by atoms with Gasteiger partial charge in [-0.1, -0.05) is 20.8 Å². The molecule has 0 spiro atoms. The van der Waals surface area contributed by atoms with Crippen LogP contribution in [0, 0.1) is 10.1 Å². The summed E-state index contributed by atoms with van der Waals surface area (Å²) in [4.78, 5) is 11.3. The lowest BCUT2D eigenvalue weighted by Crippen LogP contribution is -2.24. The van der Waals surface area contributed by atoms with Gasteiger partial charge in [-0.25, -0.2) is 4.68 Å². The SMILES string of the molecule is CCOc1cc(Sc2nnc(C(C)(C)C)n2N)ccc1[N+](=O)[O-]. The predicted octanol–water partition coefficient (Wildman–Crippen LogP) is 2.75. The molecule has 0 saturated carbocycles. The molecule has 124 valence electrons. The van der Waals surface area contributed by atoms with Crippen molar-refractivity contribution in [3.05, 3.63) is 34.1 Å². The van der Waals surface area contributed by atoms with E-state index in [0.29, 0.717) is 17.6 Å². The highest BCUT2D eigenvalue weighted by molar-refractivity contribution is 7.99. The Morgan fingerprint density at radius 1 is 1.39 bits per heavy atom. The largest absolute Gasteiger partial charge is 0.487 e. The molecule has 2 aromatic rings. The van der Waals surface area contributed by atoms with Crippen LogP contribution in [-0.4, -0.2) is 26.4 Å². The predicted molar refractivity (Wildman–Crippen MR) is 87.3 cm³/mol. The van der Waals surface area contributed by atoms with E-state index < -0.39 is 4.92 Å². The zero-order chi connectivity index (χ0) is 17.2. The normalized spacial score (nSPS) is 11.5. The van der Waals surface area contributed by atoms with E-state index in [4.69, 9.17) is 10.6 Å². The highest BCUT2D eigenvalue weighted by Crippen LogP contribution is 2.35. The molecule has 0 fully saturated rings. The lowest BCUT2D eigenvalue weighted by Gasteiger charge is -2.16. The molecule has 0 aliphatic rings. The highest BCUT2D eigenvalue weighted by Gasteiger charge is 2.24. The topological polar surface area (TPSA) is 109 Å². The van der Waals surface area contributed by atoms with Crippen LogP contribution in [0.5, 0.6) is 5.75 Å². The third kappa shape index (κ3) is 3.73. The summed E-state index contributed by atoms with van der Waals surface area (Å²) in [6.07, 6.45) is 0. The van der Waals surface area contributed by atoms with Crippen LogP contribution in [0.4, 0.5) is 5.69 Å². The van der Waals surface area contributed by atoms with E-state index in [-0.39, 0.29) is 16.9 Å². The van der Waals surface area contributed by atoms with Gasteiger partial charge in [0.2, 0.25) is 5.16 Å². The second-order valence-electron chi connectivity index (χ2n) is 5.85. The highest BCUT2D eigenvalue weighted by atomic mass is 32.2. The van der Waals surface area contributed by atoms with Crippen molar-refractivity contribution in [3.8, 4) is 5.75 Å². The Morgan fingerprint density at radius 3 is 2.61 bits per heavy atom. The number of ether oxygens (including phenoxy) is 1. The van der Waals surface area contributed by atoms with Gasteiger partial charge in [-0.15, -0.1) is 10.2 Å². The Bertz CT molecular complexity index is 724. The van der Waals surface area contributed by atoms with Crippen molar-refractivity contribution in [1.82, 2.24) is 14.9 Å². The monoisotopic (exact) mass is 337 g/mol. The van der Waals surface area contributed by atoms with Gasteiger partial charge in [-0.3, -0.25) is 10.1 Å². The minimum absolute atomic E-state index is 0.0687. The first-order chi connectivity index (χ1) is 10.7. The number of nitrogens with two attached hydrogens (primary N) is 1. The summed E-state index contributed by atoms with van der Waals surface area (Å²) in [7, 11) is 0. The Balaban J connectivity index is 2.32. The fourth-order valence-corrected chi connectivity index (χ4v) is 2.72. The molecule has 0 unspecified atom stereocenters. The lowest BCUT2D eigenvalue weighted by atomic mass is 9.96. The van der Waals surface area contributed by atoms with Crippen molar-refractivity contribution in [2.75, 3.05) is 12.4 Å². The van der Waals surface area contributed by atoms with E-state index in [9.17, 15) is 10.1 Å². The number of nitro benzene ring substituents is 1. The fraction of sp³-hybridized carbons (Fsp3) is 0.429. The standard InChI is InChI=1S/C14H19N5O3S/c1-5-22-11-8-9(6-7-10(11)19(20)21)23-13-17-16-12(18(13)15)14(2,3)4/h6-8H,5,15H2,1-4H3. The molecule has 2 N–H and O–H groups in total. The van der Waals surface area contributed by atoms with Gasteiger partial charge in [0.05, 0.1) is 11.5 Å². The molecule has 1 heterocycles. The van der Waals surface area contributed by atoms with Gasteiger partial charge in [0.1, 0.15) is 0 Å². The second kappa shape index (κ2) is 6.45. The molecule has 1 aromatic heterocycles. The van der Waals surface area contributed by atoms with Crippen LogP contribution in [0.2, 0.25) is 0 Å². The quantitative estimate of drug-likeness (QED) is 0.507. The molecule has 23 heavy (non-hydrogen) atoms. The van der Waals surface area contributed by atoms with Crippen LogP contribution in [0.25, 0.3) is 0 Å². The zero-order valence-corrected chi connectivity index (χ0v) is 14.3. The second-order valence-corrected chi connectivity index (χ2v) is 6.89. The first-order valence-electron chi connectivity index (χ1n) is 7.04. The lowest BCUT2D eigenvalue weighted by molar-refractivity contribution is -0.385. The minimum Gasteiger partial charge on any atom is -0.487 e. The third-order valence-corrected chi connectivity index (χ3v) is 3.92. The molecular weight excluding hydrogens is 318 g/mol. The summed E-state index contributed by atoms with van der Waals surface area (Å²) in [5.74, 6) is 6.93. The smallest absolute Gasteiger partial charge is 0.310 e. The Labute approximate surface area is 138 Å². The zero-order valence-electron chi connectivity index (χ0n) is 13.4. The number of nitrogen functional groups attached to an aromatic ring is 1. The number of nitrogens with zero attached hydrogens (tertiary/aromatic N) is 4. The molecule has 2 rings (SSSR count). The molecule has 0 aliphatic carbocycles. The summed E-state index contributed by atoms with van der Waals surface area (Å²) in [5.41, 5.74) is -0.298. The van der Waals surface area contributed by atoms with Gasteiger partial charge in [-0.05, 0) is 24.8 Å². The summed E-state index contributed by atoms with van der Waals surface area (Å²) in [6.45, 7) is 8.10. The fourth-order valence-electron chi connectivity index (χ4n) is 1.94. The van der Waals surface area contributed by atoms with Gasteiger partial charge in [0.25, 0.3) is 0 Å². The van der Waals surface area contributed by atoms with Crippen LogP contribution in [0.1, 0.15) is 33.5 Å². The third-order valence-electron chi connectivity index (χ3n) is 2.97. The van der Waals surface area contributed by atoms with Gasteiger partial charge in [-0.2, -0.15) is 0 Å². The Kier molecular flexibility index (Phi) is 4.79. The van der Waals surface area contributed by atoms with E-state index in [1.165, 1.54) is 22.5 Å². The Hall–Kier alpha value is -2.29. The van der Waals surface area contributed by atoms with Crippen LogP contribution in [0.3, 0.4) is 0 Å². The number of hydrogen-bond donors (Lipinski definition) is 1. The molecule has 0 amide bonds. The molecule has 0 radical (unpaired) electrons. The van der Waals surface area contributed by atoms with Crippen molar-refractivity contribution >= 4 is 17.4 Å². The summed E-state index contributed by atoms with van der Waals surface area (Å²) in [6, 6.07) is 4.66. The summed E-state index contributed by atoms with van der Waals surface area (Å²) < 4.78 is 6.77. The number of hydrogen-bond acceptors (Lipinski definition) is 7. The molecule has 0 atom stereocenters. The maximum atomic E-state index is 11.0. The maximum Gasteiger partial charge on any atom is 0.310 e. The van der Waals surface area contributed by atoms with Crippen molar-refractivity contribution in [3.63, 3.8) is 0 Å². The Morgan fingerprint density at radius 2 is 2.09 bits per heavy atom. The first-order valence-corrected chi connectivity index (χ1v) is 7.85. The van der Waals surface area contributed by atoms with Gasteiger partial charge in [0, 0.05) is 22.4 Å². The maximum absolute atomic E-state index is 11.0. The average molecular weight is 337 g/mol. The minimum atomic E-state index is -0.470. The van der Waals surface area contributed by atoms with E-state index in [1.807, 2.05) is 20.8 Å². The summed E-state index contributed by atoms with van der Waals surface area (Å²) >= 11 is 1.27. The van der Waals surface area contributed by atoms with Gasteiger partial charge >= 0.3 is 5.69 Å². The van der Waals surface area contributed by atoms with E-state index in [0.717, 1.165) is 4.90 Å².